The third kappa shape index (κ3) is 7.02. The lowest BCUT2D eigenvalue weighted by atomic mass is 9.65. The number of esters is 3. The fourth-order valence-electron chi connectivity index (χ4n) is 9.50. The average Bonchev–Trinajstić information content (AvgIpc) is 3.97. The zero-order valence-electron chi connectivity index (χ0n) is 34.1. The summed E-state index contributed by atoms with van der Waals surface area (Å²) in [5.74, 6) is 0.219. The van der Waals surface area contributed by atoms with Gasteiger partial charge < -0.3 is 34.9 Å². The van der Waals surface area contributed by atoms with Crippen LogP contribution < -0.4 is 10.6 Å². The summed E-state index contributed by atoms with van der Waals surface area (Å²) in [6.07, 6.45) is -1.09. The number of benzene rings is 5. The molecule has 0 unspecified atom stereocenters. The molecule has 14 heteroatoms. The Morgan fingerprint density at radius 2 is 1.51 bits per heavy atom. The van der Waals surface area contributed by atoms with Gasteiger partial charge in [0.1, 0.15) is 29.1 Å². The van der Waals surface area contributed by atoms with Crippen molar-refractivity contribution in [1.82, 2.24) is 20.2 Å². The van der Waals surface area contributed by atoms with Gasteiger partial charge in [-0.2, -0.15) is 0 Å². The van der Waals surface area contributed by atoms with Gasteiger partial charge in [0.05, 0.1) is 49.8 Å². The minimum atomic E-state index is -1.83. The number of carbonyl (C=O) groups excluding carboxylic acids is 5. The number of phenols is 1. The Hall–Kier alpha value is -7.76. The number of hydrogen-bond donors (Lipinski definition) is 4. The molecule has 5 aromatic carbocycles. The van der Waals surface area contributed by atoms with Crippen molar-refractivity contribution < 1.29 is 43.3 Å². The van der Waals surface area contributed by atoms with E-state index >= 15 is 14.4 Å². The van der Waals surface area contributed by atoms with Gasteiger partial charge in [0.2, 0.25) is 11.8 Å². The van der Waals surface area contributed by atoms with Crippen molar-refractivity contribution in [3.8, 4) is 17.6 Å². The number of aromatic amines is 1. The monoisotopic (exact) mass is 843 g/mol. The first-order chi connectivity index (χ1) is 30.6. The molecule has 3 aliphatic rings. The van der Waals surface area contributed by atoms with Crippen LogP contribution in [0.2, 0.25) is 0 Å². The molecule has 2 fully saturated rings. The first-order valence-electron chi connectivity index (χ1n) is 20.3. The first kappa shape index (κ1) is 40.6. The SMILES string of the molecule is COC(=O)C(CC#Cc1ccc2c(c1)[C@]1(C(=O)N2)[C@H](c2ccc(O)cc2)N2[C@H](c3ccccc3)[C@H](c3ccccc3)OC(=O)[C@H]2[C@@H]1C(=O)NCc1nc2ccccc2[nH]1)C(=O)OC. The molecule has 6 atom stereocenters. The van der Waals surface area contributed by atoms with E-state index in [4.69, 9.17) is 14.2 Å². The van der Waals surface area contributed by atoms with Gasteiger partial charge in [-0.05, 0) is 64.7 Å². The molecule has 14 nitrogen and oxygen atoms in total. The number of para-hydroxylation sites is 2. The number of carbonyl (C=O) groups is 5. The number of phenolic OH excluding ortho intramolecular Hbond substituents is 1. The van der Waals surface area contributed by atoms with Gasteiger partial charge in [-0.3, -0.25) is 28.9 Å². The molecule has 0 saturated carbocycles. The number of methoxy groups -OCH3 is 2. The molecule has 1 aromatic heterocycles. The van der Waals surface area contributed by atoms with Crippen LogP contribution in [0.15, 0.2) is 127 Å². The maximum Gasteiger partial charge on any atom is 0.324 e. The first-order valence-corrected chi connectivity index (χ1v) is 20.3. The second-order valence-corrected chi connectivity index (χ2v) is 15.6. The van der Waals surface area contributed by atoms with Gasteiger partial charge in [-0.25, -0.2) is 4.98 Å². The third-order valence-electron chi connectivity index (χ3n) is 12.2. The second-order valence-electron chi connectivity index (χ2n) is 15.6. The van der Waals surface area contributed by atoms with E-state index in [1.165, 1.54) is 26.4 Å². The lowest BCUT2D eigenvalue weighted by Gasteiger charge is -2.46. The zero-order chi connectivity index (χ0) is 43.8. The van der Waals surface area contributed by atoms with Crippen molar-refractivity contribution >= 4 is 46.4 Å². The van der Waals surface area contributed by atoms with E-state index in [-0.39, 0.29) is 18.7 Å². The molecule has 2 saturated heterocycles. The number of H-pyrrole nitrogens is 1. The molecule has 3 aliphatic heterocycles. The van der Waals surface area contributed by atoms with Gasteiger partial charge in [-0.15, -0.1) is 0 Å². The Morgan fingerprint density at radius 1 is 0.841 bits per heavy atom. The van der Waals surface area contributed by atoms with E-state index in [9.17, 15) is 14.7 Å². The van der Waals surface area contributed by atoms with Crippen LogP contribution in [0.4, 0.5) is 5.69 Å². The van der Waals surface area contributed by atoms with E-state index < -0.39 is 71.2 Å². The summed E-state index contributed by atoms with van der Waals surface area (Å²) in [6.45, 7) is -0.0535. The number of nitrogens with zero attached hydrogens (tertiary/aromatic N) is 2. The van der Waals surface area contributed by atoms with Crippen LogP contribution in [0.25, 0.3) is 11.0 Å². The fraction of sp³-hybridized carbons (Fsp3) is 0.224. The molecule has 2 amide bonds. The van der Waals surface area contributed by atoms with E-state index in [0.29, 0.717) is 39.3 Å². The zero-order valence-corrected chi connectivity index (χ0v) is 34.1. The normalized spacial score (nSPS) is 22.4. The van der Waals surface area contributed by atoms with Crippen molar-refractivity contribution in [2.75, 3.05) is 19.5 Å². The minimum absolute atomic E-state index is 0.0200. The van der Waals surface area contributed by atoms with Crippen LogP contribution >= 0.6 is 0 Å². The third-order valence-corrected chi connectivity index (χ3v) is 12.2. The Balaban J connectivity index is 1.25. The maximum atomic E-state index is 15.4. The number of fused-ring (bicyclic) bond motifs is 4. The molecule has 6 aromatic rings. The van der Waals surface area contributed by atoms with Crippen LogP contribution in [-0.2, 0) is 50.1 Å². The summed E-state index contributed by atoms with van der Waals surface area (Å²) in [7, 11) is 2.33. The van der Waals surface area contributed by atoms with E-state index in [0.717, 1.165) is 11.1 Å². The lowest BCUT2D eigenvalue weighted by Crippen LogP contribution is -2.54. The van der Waals surface area contributed by atoms with Gasteiger partial charge in [0.25, 0.3) is 0 Å². The average molecular weight is 844 g/mol. The highest BCUT2D eigenvalue weighted by Crippen LogP contribution is 2.64. The van der Waals surface area contributed by atoms with Crippen molar-refractivity contribution in [2.24, 2.45) is 11.8 Å². The summed E-state index contributed by atoms with van der Waals surface area (Å²) in [6, 6.07) is 34.7. The Labute approximate surface area is 361 Å². The standard InChI is InChI=1S/C49H41N5O9/c1-61-45(57)33(46(58)62-2)17-11-12-28-20-25-35-34(26-28)49(48(60)53-35)39(44(56)50-27-38-51-36-18-9-10-19-37(36)52-38)41-47(59)63-42(30-15-7-4-8-16-30)40(29-13-5-3-6-14-29)54(41)43(49)31-21-23-32(55)24-22-31/h3-10,13-16,18-26,33,39-43,55H,17,27H2,1-2H3,(H,50,56)(H,51,52)(H,53,60)/t39-,40-,41-,42+,43+,49-/m1/s1. The molecule has 9 rings (SSSR count). The lowest BCUT2D eigenvalue weighted by molar-refractivity contribution is -0.178. The predicted octanol–water partition coefficient (Wildman–Crippen LogP) is 5.56. The number of imidazole rings is 1. The summed E-state index contributed by atoms with van der Waals surface area (Å²) in [5, 5.41) is 16.7. The summed E-state index contributed by atoms with van der Waals surface area (Å²) in [5.41, 5.74) is 2.87. The van der Waals surface area contributed by atoms with Crippen LogP contribution in [0.1, 0.15) is 58.3 Å². The largest absolute Gasteiger partial charge is 0.508 e. The van der Waals surface area contributed by atoms with Crippen LogP contribution in [0, 0.1) is 23.7 Å². The second kappa shape index (κ2) is 16.6. The number of aromatic nitrogens is 2. The highest BCUT2D eigenvalue weighted by molar-refractivity contribution is 6.12. The quantitative estimate of drug-likeness (QED) is 0.0618. The number of cyclic esters (lactones) is 1. The summed E-state index contributed by atoms with van der Waals surface area (Å²) in [4.78, 5) is 80.5. The molecule has 63 heavy (non-hydrogen) atoms. The van der Waals surface area contributed by atoms with Crippen LogP contribution in [-0.4, -0.2) is 70.0 Å². The van der Waals surface area contributed by atoms with Gasteiger partial charge in [-0.1, -0.05) is 96.8 Å². The maximum absolute atomic E-state index is 15.4. The number of hydrogen-bond acceptors (Lipinski definition) is 11. The molecule has 1 spiro atoms. The molecule has 4 N–H and O–H groups in total. The van der Waals surface area contributed by atoms with E-state index in [1.807, 2.05) is 89.8 Å². The fourth-order valence-corrected chi connectivity index (χ4v) is 9.50. The summed E-state index contributed by atoms with van der Waals surface area (Å²) >= 11 is 0. The molecule has 0 bridgehead atoms. The number of amides is 2. The number of anilines is 1. The minimum Gasteiger partial charge on any atom is -0.508 e. The Morgan fingerprint density at radius 3 is 2.19 bits per heavy atom. The van der Waals surface area contributed by atoms with Crippen molar-refractivity contribution in [3.05, 3.63) is 161 Å². The van der Waals surface area contributed by atoms with Gasteiger partial charge in [0.15, 0.2) is 5.92 Å². The summed E-state index contributed by atoms with van der Waals surface area (Å²) < 4.78 is 16.1. The number of nitrogens with one attached hydrogen (secondary N) is 3. The number of morpholine rings is 1. The van der Waals surface area contributed by atoms with E-state index in [1.54, 1.807) is 30.3 Å². The van der Waals surface area contributed by atoms with Gasteiger partial charge >= 0.3 is 17.9 Å². The molecule has 4 heterocycles. The molecular formula is C49H41N5O9. The van der Waals surface area contributed by atoms with Crippen molar-refractivity contribution in [3.63, 3.8) is 0 Å². The van der Waals surface area contributed by atoms with Crippen LogP contribution in [0.5, 0.6) is 5.75 Å². The van der Waals surface area contributed by atoms with Crippen molar-refractivity contribution in [2.45, 2.75) is 42.6 Å². The molecule has 0 aliphatic carbocycles. The Kier molecular flexibility index (Phi) is 10.7. The predicted molar refractivity (Wildman–Crippen MR) is 228 cm³/mol. The van der Waals surface area contributed by atoms with E-state index in [2.05, 4.69) is 32.4 Å². The topological polar surface area (TPSA) is 189 Å². The van der Waals surface area contributed by atoms with Crippen molar-refractivity contribution in [1.29, 1.82) is 0 Å². The molecule has 316 valence electrons. The number of ether oxygens (including phenoxy) is 3. The number of rotatable bonds is 9. The molecular weight excluding hydrogens is 803 g/mol. The highest BCUT2D eigenvalue weighted by atomic mass is 16.6. The number of aromatic hydroxyl groups is 1. The molecule has 0 radical (unpaired) electrons. The van der Waals surface area contributed by atoms with Crippen LogP contribution in [0.3, 0.4) is 0 Å². The Bertz CT molecular complexity index is 2770. The highest BCUT2D eigenvalue weighted by Gasteiger charge is 2.74. The smallest absolute Gasteiger partial charge is 0.324 e. The van der Waals surface area contributed by atoms with Gasteiger partial charge in [0, 0.05) is 17.7 Å².